The zero-order valence-electron chi connectivity index (χ0n) is 16.4. The number of aromatic nitrogens is 2. The molecule has 7 nitrogen and oxygen atoms in total. The molecule has 0 saturated carbocycles. The largest absolute Gasteiger partial charge is 0.345 e. The number of halogens is 1. The van der Waals surface area contributed by atoms with E-state index in [0.717, 1.165) is 5.56 Å². The Kier molecular flexibility index (Phi) is 5.98. The fourth-order valence-corrected chi connectivity index (χ4v) is 3.21. The minimum atomic E-state index is -0.274. The van der Waals surface area contributed by atoms with Crippen LogP contribution in [0.25, 0.3) is 10.9 Å². The van der Waals surface area contributed by atoms with Crippen LogP contribution in [0.15, 0.2) is 47.5 Å². The van der Waals surface area contributed by atoms with Crippen LogP contribution in [-0.4, -0.2) is 40.4 Å². The zero-order chi connectivity index (χ0) is 21.1. The van der Waals surface area contributed by atoms with Crippen LogP contribution in [0.3, 0.4) is 0 Å². The summed E-state index contributed by atoms with van der Waals surface area (Å²) in [4.78, 5) is 42.7. The lowest BCUT2D eigenvalue weighted by molar-refractivity contribution is -0.116. The second-order valence-corrected chi connectivity index (χ2v) is 7.31. The normalized spacial score (nSPS) is 10.8. The maximum absolute atomic E-state index is 12.6. The maximum Gasteiger partial charge on any atom is 0.261 e. The number of hydrogen-bond acceptors (Lipinski definition) is 4. The van der Waals surface area contributed by atoms with Crippen LogP contribution in [-0.2, 0) is 11.3 Å². The molecule has 0 radical (unpaired) electrons. The smallest absolute Gasteiger partial charge is 0.261 e. The highest BCUT2D eigenvalue weighted by Crippen LogP contribution is 2.22. The van der Waals surface area contributed by atoms with E-state index in [-0.39, 0.29) is 35.4 Å². The zero-order valence-corrected chi connectivity index (χ0v) is 17.2. The highest BCUT2D eigenvalue weighted by molar-refractivity contribution is 6.34. The van der Waals surface area contributed by atoms with Gasteiger partial charge in [0.15, 0.2) is 0 Å². The van der Waals surface area contributed by atoms with E-state index < -0.39 is 0 Å². The van der Waals surface area contributed by atoms with Gasteiger partial charge in [0.05, 0.1) is 27.8 Å². The molecule has 0 spiro atoms. The molecule has 2 amide bonds. The number of nitrogens with one attached hydrogen (secondary N) is 1. The molecular formula is C21H21ClN4O3. The van der Waals surface area contributed by atoms with Crippen LogP contribution in [0.4, 0.5) is 5.69 Å². The number of nitrogens with zero attached hydrogens (tertiary/aromatic N) is 3. The Hall–Kier alpha value is -3.19. The lowest BCUT2D eigenvalue weighted by atomic mass is 10.1. The van der Waals surface area contributed by atoms with Gasteiger partial charge in [-0.2, -0.15) is 0 Å². The van der Waals surface area contributed by atoms with Crippen molar-refractivity contribution in [3.05, 3.63) is 69.2 Å². The number of aryl methyl sites for hydroxylation is 2. The number of carbonyl (C=O) groups is 2. The second-order valence-electron chi connectivity index (χ2n) is 6.91. The number of amides is 2. The van der Waals surface area contributed by atoms with Crippen molar-refractivity contribution in [3.8, 4) is 0 Å². The third kappa shape index (κ3) is 4.46. The van der Waals surface area contributed by atoms with Crippen molar-refractivity contribution < 1.29 is 9.59 Å². The summed E-state index contributed by atoms with van der Waals surface area (Å²) in [7, 11) is 3.28. The number of para-hydroxylation sites is 1. The van der Waals surface area contributed by atoms with E-state index in [9.17, 15) is 14.4 Å². The predicted molar refractivity (Wildman–Crippen MR) is 113 cm³/mol. The van der Waals surface area contributed by atoms with Gasteiger partial charge in [0.2, 0.25) is 5.91 Å². The molecule has 0 bridgehead atoms. The molecule has 0 aliphatic carbocycles. The topological polar surface area (TPSA) is 84.3 Å². The Balaban J connectivity index is 1.68. The lowest BCUT2D eigenvalue weighted by Crippen LogP contribution is -2.24. The number of rotatable bonds is 5. The van der Waals surface area contributed by atoms with E-state index >= 15 is 0 Å². The molecule has 1 heterocycles. The SMILES string of the molecule is Cc1cccc2c(=O)n(CCC(=O)Nc3ccc(C(=O)N(C)C)c(Cl)c3)cnc12. The van der Waals surface area contributed by atoms with Crippen LogP contribution >= 0.6 is 11.6 Å². The number of fused-ring (bicyclic) bond motifs is 1. The Morgan fingerprint density at radius 1 is 1.21 bits per heavy atom. The molecule has 8 heteroatoms. The second kappa shape index (κ2) is 8.45. The van der Waals surface area contributed by atoms with Gasteiger partial charge in [0.25, 0.3) is 11.5 Å². The standard InChI is InChI=1S/C21H21ClN4O3/c1-13-5-4-6-16-19(13)23-12-26(21(16)29)10-9-18(27)24-14-7-8-15(17(22)11-14)20(28)25(2)3/h4-8,11-12H,9-10H2,1-3H3,(H,24,27). The molecule has 2 aromatic carbocycles. The molecule has 0 saturated heterocycles. The first-order valence-electron chi connectivity index (χ1n) is 9.03. The minimum Gasteiger partial charge on any atom is -0.345 e. The van der Waals surface area contributed by atoms with Gasteiger partial charge in [0, 0.05) is 32.7 Å². The molecule has 0 fully saturated rings. The highest BCUT2D eigenvalue weighted by Gasteiger charge is 2.14. The quantitative estimate of drug-likeness (QED) is 0.697. The predicted octanol–water partition coefficient (Wildman–Crippen LogP) is 3.09. The Labute approximate surface area is 172 Å². The monoisotopic (exact) mass is 412 g/mol. The first-order chi connectivity index (χ1) is 13.8. The van der Waals surface area contributed by atoms with Crippen LogP contribution in [0, 0.1) is 6.92 Å². The van der Waals surface area contributed by atoms with Crippen molar-refractivity contribution in [2.45, 2.75) is 19.9 Å². The third-order valence-corrected chi connectivity index (χ3v) is 4.84. The van der Waals surface area contributed by atoms with E-state index in [0.29, 0.717) is 22.2 Å². The molecule has 3 rings (SSSR count). The fraction of sp³-hybridized carbons (Fsp3) is 0.238. The Bertz CT molecular complexity index is 1150. The minimum absolute atomic E-state index is 0.0922. The van der Waals surface area contributed by atoms with Crippen molar-refractivity contribution in [2.24, 2.45) is 0 Å². The summed E-state index contributed by atoms with van der Waals surface area (Å²) >= 11 is 6.16. The Morgan fingerprint density at radius 2 is 1.97 bits per heavy atom. The molecule has 150 valence electrons. The molecule has 0 aliphatic heterocycles. The van der Waals surface area contributed by atoms with Crippen LogP contribution < -0.4 is 10.9 Å². The fourth-order valence-electron chi connectivity index (χ4n) is 2.95. The molecule has 3 aromatic rings. The molecule has 0 aliphatic rings. The molecule has 0 unspecified atom stereocenters. The summed E-state index contributed by atoms with van der Waals surface area (Å²) < 4.78 is 1.42. The maximum atomic E-state index is 12.6. The first kappa shape index (κ1) is 20.5. The summed E-state index contributed by atoms with van der Waals surface area (Å²) in [5, 5.41) is 3.51. The number of hydrogen-bond donors (Lipinski definition) is 1. The van der Waals surface area contributed by atoms with Gasteiger partial charge in [-0.3, -0.25) is 19.0 Å². The van der Waals surface area contributed by atoms with Gasteiger partial charge in [-0.1, -0.05) is 23.7 Å². The van der Waals surface area contributed by atoms with E-state index in [2.05, 4.69) is 10.3 Å². The summed E-state index contributed by atoms with van der Waals surface area (Å²) in [6.07, 6.45) is 1.55. The van der Waals surface area contributed by atoms with Crippen molar-refractivity contribution in [3.63, 3.8) is 0 Å². The number of benzene rings is 2. The van der Waals surface area contributed by atoms with E-state index in [4.69, 9.17) is 11.6 Å². The molecule has 0 atom stereocenters. The van der Waals surface area contributed by atoms with Gasteiger partial charge in [-0.05, 0) is 36.8 Å². The molecular weight excluding hydrogens is 392 g/mol. The average Bonchev–Trinajstić information content (AvgIpc) is 2.67. The summed E-state index contributed by atoms with van der Waals surface area (Å²) in [5.74, 6) is -0.490. The molecule has 29 heavy (non-hydrogen) atoms. The van der Waals surface area contributed by atoms with Gasteiger partial charge < -0.3 is 10.2 Å². The van der Waals surface area contributed by atoms with Crippen molar-refractivity contribution in [2.75, 3.05) is 19.4 Å². The molecule has 1 aromatic heterocycles. The van der Waals surface area contributed by atoms with Gasteiger partial charge >= 0.3 is 0 Å². The van der Waals surface area contributed by atoms with Crippen LogP contribution in [0.1, 0.15) is 22.3 Å². The van der Waals surface area contributed by atoms with Gasteiger partial charge in [-0.15, -0.1) is 0 Å². The summed E-state index contributed by atoms with van der Waals surface area (Å²) in [6, 6.07) is 10.2. The highest BCUT2D eigenvalue weighted by atomic mass is 35.5. The third-order valence-electron chi connectivity index (χ3n) is 4.52. The number of carbonyl (C=O) groups excluding carboxylic acids is 2. The van der Waals surface area contributed by atoms with Crippen molar-refractivity contribution in [1.82, 2.24) is 14.5 Å². The summed E-state index contributed by atoms with van der Waals surface area (Å²) in [5.41, 5.74) is 2.26. The average molecular weight is 413 g/mol. The van der Waals surface area contributed by atoms with Gasteiger partial charge in [-0.25, -0.2) is 4.98 Å². The van der Waals surface area contributed by atoms with E-state index in [1.807, 2.05) is 19.1 Å². The van der Waals surface area contributed by atoms with Crippen LogP contribution in [0.5, 0.6) is 0 Å². The lowest BCUT2D eigenvalue weighted by Gasteiger charge is -2.13. The van der Waals surface area contributed by atoms with E-state index in [1.165, 1.54) is 21.9 Å². The van der Waals surface area contributed by atoms with Crippen molar-refractivity contribution in [1.29, 1.82) is 0 Å². The van der Waals surface area contributed by atoms with E-state index in [1.54, 1.807) is 32.3 Å². The van der Waals surface area contributed by atoms with Gasteiger partial charge in [0.1, 0.15) is 0 Å². The first-order valence-corrected chi connectivity index (χ1v) is 9.41. The van der Waals surface area contributed by atoms with Crippen LogP contribution in [0.2, 0.25) is 5.02 Å². The molecule has 1 N–H and O–H groups in total. The Morgan fingerprint density at radius 3 is 2.66 bits per heavy atom. The summed E-state index contributed by atoms with van der Waals surface area (Å²) in [6.45, 7) is 2.10. The van der Waals surface area contributed by atoms with Crippen molar-refractivity contribution >= 4 is 40.0 Å². The number of anilines is 1.